The van der Waals surface area contributed by atoms with Crippen molar-refractivity contribution in [2.75, 3.05) is 26.7 Å². The molecule has 0 bridgehead atoms. The Morgan fingerprint density at radius 2 is 1.43 bits per heavy atom. The fourth-order valence-electron chi connectivity index (χ4n) is 3.06. The van der Waals surface area contributed by atoms with E-state index in [1.54, 1.807) is 0 Å². The predicted molar refractivity (Wildman–Crippen MR) is 103 cm³/mol. The van der Waals surface area contributed by atoms with Crippen LogP contribution in [0.4, 0.5) is 0 Å². The highest BCUT2D eigenvalue weighted by Gasteiger charge is 2.23. The van der Waals surface area contributed by atoms with Crippen molar-refractivity contribution in [1.29, 1.82) is 0 Å². The second-order valence-electron chi connectivity index (χ2n) is 6.88. The maximum Gasteiger partial charge on any atom is 0.0603 e. The second kappa shape index (κ2) is 15.4. The third kappa shape index (κ3) is 12.0. The highest BCUT2D eigenvalue weighted by Crippen LogP contribution is 2.24. The van der Waals surface area contributed by atoms with E-state index in [2.05, 4.69) is 31.0 Å². The zero-order valence-electron chi connectivity index (χ0n) is 16.9. The molecular formula is C20H44N2O. The number of piperidine rings is 1. The molecule has 1 saturated carbocycles. The van der Waals surface area contributed by atoms with Crippen molar-refractivity contribution in [3.05, 3.63) is 0 Å². The first kappa shape index (κ1) is 22.9. The van der Waals surface area contributed by atoms with Crippen LogP contribution >= 0.6 is 0 Å². The molecule has 1 N–H and O–H groups in total. The third-order valence-corrected chi connectivity index (χ3v) is 4.59. The summed E-state index contributed by atoms with van der Waals surface area (Å²) in [6.07, 6.45) is 11.8. The van der Waals surface area contributed by atoms with E-state index in [4.69, 9.17) is 4.74 Å². The topological polar surface area (TPSA) is 24.5 Å². The Kier molecular flexibility index (Phi) is 15.3. The Morgan fingerprint density at radius 1 is 0.957 bits per heavy atom. The van der Waals surface area contributed by atoms with Gasteiger partial charge in [0.2, 0.25) is 0 Å². The van der Waals surface area contributed by atoms with E-state index in [0.29, 0.717) is 18.2 Å². The van der Waals surface area contributed by atoms with Crippen LogP contribution in [0.15, 0.2) is 0 Å². The molecule has 2 rings (SSSR count). The van der Waals surface area contributed by atoms with E-state index in [-0.39, 0.29) is 0 Å². The Labute approximate surface area is 146 Å². The predicted octanol–water partition coefficient (Wildman–Crippen LogP) is 4.85. The fraction of sp³-hybridized carbons (Fsp3) is 1.00. The molecule has 0 spiro atoms. The van der Waals surface area contributed by atoms with Gasteiger partial charge in [-0.1, -0.05) is 53.9 Å². The van der Waals surface area contributed by atoms with Crippen LogP contribution in [0.3, 0.4) is 0 Å². The summed E-state index contributed by atoms with van der Waals surface area (Å²) in [6, 6.07) is 0.634. The molecule has 0 aromatic rings. The maximum atomic E-state index is 6.23. The Hall–Kier alpha value is -0.120. The molecule has 2 aliphatic rings. The van der Waals surface area contributed by atoms with Crippen molar-refractivity contribution in [3.63, 3.8) is 0 Å². The normalized spacial score (nSPS) is 20.5. The largest absolute Gasteiger partial charge is 0.375 e. The van der Waals surface area contributed by atoms with E-state index in [0.717, 1.165) is 0 Å². The molecule has 2 fully saturated rings. The van der Waals surface area contributed by atoms with Gasteiger partial charge < -0.3 is 15.0 Å². The van der Waals surface area contributed by atoms with Gasteiger partial charge in [0, 0.05) is 19.1 Å². The quantitative estimate of drug-likeness (QED) is 0.780. The van der Waals surface area contributed by atoms with E-state index in [1.807, 2.05) is 20.9 Å². The van der Waals surface area contributed by atoms with E-state index >= 15 is 0 Å². The van der Waals surface area contributed by atoms with Crippen LogP contribution in [0, 0.1) is 0 Å². The monoisotopic (exact) mass is 328 g/mol. The van der Waals surface area contributed by atoms with Gasteiger partial charge in [0.1, 0.15) is 0 Å². The number of hydrogen-bond acceptors (Lipinski definition) is 3. The maximum absolute atomic E-state index is 6.23. The first-order valence-electron chi connectivity index (χ1n) is 10.2. The van der Waals surface area contributed by atoms with Gasteiger partial charge in [0.05, 0.1) is 12.2 Å². The lowest BCUT2D eigenvalue weighted by Gasteiger charge is -2.34. The SMILES string of the molecule is CC.CCCN1CCC(OC2CCCCC2)CC1.CNC(C)C. The average molecular weight is 329 g/mol. The highest BCUT2D eigenvalue weighted by atomic mass is 16.5. The van der Waals surface area contributed by atoms with Crippen LogP contribution in [0.25, 0.3) is 0 Å². The van der Waals surface area contributed by atoms with Crippen LogP contribution in [-0.2, 0) is 4.74 Å². The molecule has 23 heavy (non-hydrogen) atoms. The van der Waals surface area contributed by atoms with Crippen molar-refractivity contribution in [2.24, 2.45) is 0 Å². The molecule has 1 saturated heterocycles. The number of likely N-dealkylation sites (tertiary alicyclic amines) is 1. The number of rotatable bonds is 5. The summed E-state index contributed by atoms with van der Waals surface area (Å²) in [4.78, 5) is 2.58. The van der Waals surface area contributed by atoms with E-state index in [1.165, 1.54) is 71.0 Å². The number of hydrogen-bond donors (Lipinski definition) is 1. The number of nitrogens with zero attached hydrogens (tertiary/aromatic N) is 1. The van der Waals surface area contributed by atoms with Gasteiger partial charge in [-0.3, -0.25) is 0 Å². The Balaban J connectivity index is 0.000000594. The lowest BCUT2D eigenvalue weighted by molar-refractivity contribution is -0.0556. The minimum Gasteiger partial charge on any atom is -0.375 e. The summed E-state index contributed by atoms with van der Waals surface area (Å²) in [5.41, 5.74) is 0. The zero-order chi connectivity index (χ0) is 17.5. The van der Waals surface area contributed by atoms with E-state index in [9.17, 15) is 0 Å². The lowest BCUT2D eigenvalue weighted by atomic mass is 9.97. The summed E-state index contributed by atoms with van der Waals surface area (Å²) in [5, 5.41) is 3.03. The summed E-state index contributed by atoms with van der Waals surface area (Å²) in [5.74, 6) is 0. The molecule has 0 amide bonds. The molecule has 1 aliphatic carbocycles. The van der Waals surface area contributed by atoms with Crippen molar-refractivity contribution in [3.8, 4) is 0 Å². The fourth-order valence-corrected chi connectivity index (χ4v) is 3.06. The summed E-state index contributed by atoms with van der Waals surface area (Å²) < 4.78 is 6.23. The van der Waals surface area contributed by atoms with Crippen LogP contribution in [0.1, 0.15) is 86.0 Å². The zero-order valence-corrected chi connectivity index (χ0v) is 16.9. The van der Waals surface area contributed by atoms with Crippen LogP contribution in [0.2, 0.25) is 0 Å². The van der Waals surface area contributed by atoms with Gasteiger partial charge >= 0.3 is 0 Å². The summed E-state index contributed by atoms with van der Waals surface area (Å²) >= 11 is 0. The standard InChI is InChI=1S/C14H27NO.C4H11N.C2H6/c1-2-10-15-11-8-14(9-12-15)16-13-6-4-3-5-7-13;1-4(2)5-3;1-2/h13-14H,2-12H2,1H3;4-5H,1-3H3;1-2H3. The first-order chi connectivity index (χ1) is 11.2. The van der Waals surface area contributed by atoms with Gasteiger partial charge in [-0.2, -0.15) is 0 Å². The molecule has 1 aliphatic heterocycles. The third-order valence-electron chi connectivity index (χ3n) is 4.59. The summed E-state index contributed by atoms with van der Waals surface area (Å²) in [7, 11) is 1.95. The molecule has 0 aromatic carbocycles. The second-order valence-corrected chi connectivity index (χ2v) is 6.88. The van der Waals surface area contributed by atoms with Crippen molar-refractivity contribution in [2.45, 2.75) is 104 Å². The average Bonchev–Trinajstić information content (AvgIpc) is 2.60. The molecule has 0 unspecified atom stereocenters. The van der Waals surface area contributed by atoms with Gasteiger partial charge in [0.25, 0.3) is 0 Å². The Bertz CT molecular complexity index is 232. The molecule has 0 radical (unpaired) electrons. The lowest BCUT2D eigenvalue weighted by Crippen LogP contribution is -2.39. The molecule has 0 aromatic heterocycles. The minimum absolute atomic E-state index is 0.566. The van der Waals surface area contributed by atoms with Gasteiger partial charge in [0.15, 0.2) is 0 Å². The number of nitrogens with one attached hydrogen (secondary N) is 1. The highest BCUT2D eigenvalue weighted by molar-refractivity contribution is 4.75. The smallest absolute Gasteiger partial charge is 0.0603 e. The minimum atomic E-state index is 0.566. The van der Waals surface area contributed by atoms with Gasteiger partial charge in [-0.05, 0) is 45.7 Å². The van der Waals surface area contributed by atoms with E-state index < -0.39 is 0 Å². The summed E-state index contributed by atoms with van der Waals surface area (Å²) in [6.45, 7) is 14.3. The van der Waals surface area contributed by atoms with Crippen molar-refractivity contribution >= 4 is 0 Å². The van der Waals surface area contributed by atoms with Crippen LogP contribution < -0.4 is 5.32 Å². The van der Waals surface area contributed by atoms with Crippen molar-refractivity contribution < 1.29 is 4.74 Å². The molecule has 1 heterocycles. The molecule has 3 heteroatoms. The molecule has 0 atom stereocenters. The molecular weight excluding hydrogens is 284 g/mol. The van der Waals surface area contributed by atoms with Crippen molar-refractivity contribution in [1.82, 2.24) is 10.2 Å². The van der Waals surface area contributed by atoms with Crippen LogP contribution in [-0.4, -0.2) is 49.8 Å². The Morgan fingerprint density at radius 3 is 1.87 bits per heavy atom. The molecule has 3 nitrogen and oxygen atoms in total. The van der Waals surface area contributed by atoms with Gasteiger partial charge in [-0.25, -0.2) is 0 Å². The first-order valence-corrected chi connectivity index (χ1v) is 10.2. The number of ether oxygens (including phenoxy) is 1. The van der Waals surface area contributed by atoms with Crippen LogP contribution in [0.5, 0.6) is 0 Å². The molecule has 140 valence electrons. The van der Waals surface area contributed by atoms with Gasteiger partial charge in [-0.15, -0.1) is 0 Å².